The number of hydrogen-bond donors (Lipinski definition) is 0. The lowest BCUT2D eigenvalue weighted by atomic mass is 10.0. The fourth-order valence-electron chi connectivity index (χ4n) is 7.18. The molecule has 0 aliphatic heterocycles. The minimum absolute atomic E-state index is 1.19. The van der Waals surface area contributed by atoms with E-state index in [1.807, 2.05) is 17.4 Å². The third-order valence-corrected chi connectivity index (χ3v) is 11.0. The summed E-state index contributed by atoms with van der Waals surface area (Å²) in [7, 11) is 0. The molecule has 0 saturated carbocycles. The maximum atomic E-state index is 2.35. The van der Waals surface area contributed by atoms with Gasteiger partial charge in [0.1, 0.15) is 0 Å². The van der Waals surface area contributed by atoms with Crippen molar-refractivity contribution in [3.63, 3.8) is 0 Å². The molecular formula is C51H41NS. The van der Waals surface area contributed by atoms with E-state index in [-0.39, 0.29) is 0 Å². The lowest BCUT2D eigenvalue weighted by Gasteiger charge is -2.10. The average Bonchev–Trinajstić information content (AvgIpc) is 3.75. The monoisotopic (exact) mass is 699 g/mol. The van der Waals surface area contributed by atoms with Gasteiger partial charge in [0.15, 0.2) is 0 Å². The molecule has 53 heavy (non-hydrogen) atoms. The highest BCUT2D eigenvalue weighted by atomic mass is 32.1. The number of aryl methyl sites for hydroxylation is 3. The molecule has 256 valence electrons. The maximum Gasteiger partial charge on any atom is 0.0541 e. The molecular weight excluding hydrogens is 659 g/mol. The van der Waals surface area contributed by atoms with Crippen molar-refractivity contribution in [1.82, 2.24) is 4.57 Å². The van der Waals surface area contributed by atoms with Crippen molar-refractivity contribution in [2.45, 2.75) is 20.8 Å². The van der Waals surface area contributed by atoms with E-state index in [4.69, 9.17) is 0 Å². The SMILES string of the molecule is Cc1ccc2sc3ccccc3c2c1.Cc1cccc(-c2ccccc2)c1.Cc1ccccc1-c1ccc(-n2c3ccccc3c3ccccc32)cc1. The zero-order valence-corrected chi connectivity index (χ0v) is 31.1. The molecule has 10 rings (SSSR count). The summed E-state index contributed by atoms with van der Waals surface area (Å²) in [6.45, 7) is 6.43. The molecule has 0 saturated heterocycles. The molecule has 8 aromatic carbocycles. The highest BCUT2D eigenvalue weighted by Crippen LogP contribution is 2.35. The molecule has 0 bridgehead atoms. The molecule has 0 spiro atoms. The van der Waals surface area contributed by atoms with Crippen LogP contribution in [0.3, 0.4) is 0 Å². The Balaban J connectivity index is 0.000000125. The predicted octanol–water partition coefficient (Wildman–Crippen LogP) is 14.8. The van der Waals surface area contributed by atoms with Gasteiger partial charge >= 0.3 is 0 Å². The molecule has 2 heterocycles. The quantitative estimate of drug-likeness (QED) is 0.173. The van der Waals surface area contributed by atoms with Crippen LogP contribution in [-0.2, 0) is 0 Å². The van der Waals surface area contributed by atoms with Crippen molar-refractivity contribution >= 4 is 53.3 Å². The van der Waals surface area contributed by atoms with E-state index in [1.165, 1.54) is 86.6 Å². The summed E-state index contributed by atoms with van der Waals surface area (Å²) in [6, 6.07) is 68.9. The topological polar surface area (TPSA) is 4.93 Å². The third-order valence-electron chi connectivity index (χ3n) is 9.82. The van der Waals surface area contributed by atoms with Crippen LogP contribution in [0, 0.1) is 20.8 Å². The summed E-state index contributed by atoms with van der Waals surface area (Å²) in [6.07, 6.45) is 0. The minimum Gasteiger partial charge on any atom is -0.309 e. The maximum absolute atomic E-state index is 2.35. The van der Waals surface area contributed by atoms with Crippen molar-refractivity contribution < 1.29 is 0 Å². The van der Waals surface area contributed by atoms with E-state index >= 15 is 0 Å². The Morgan fingerprint density at radius 3 is 1.62 bits per heavy atom. The first-order valence-electron chi connectivity index (χ1n) is 18.2. The number of para-hydroxylation sites is 2. The lowest BCUT2D eigenvalue weighted by molar-refractivity contribution is 1.18. The van der Waals surface area contributed by atoms with Crippen LogP contribution < -0.4 is 0 Å². The largest absolute Gasteiger partial charge is 0.309 e. The van der Waals surface area contributed by atoms with Gasteiger partial charge in [-0.3, -0.25) is 0 Å². The first-order valence-corrected chi connectivity index (χ1v) is 19.0. The zero-order valence-electron chi connectivity index (χ0n) is 30.3. The molecule has 2 aromatic heterocycles. The fraction of sp³-hybridized carbons (Fsp3) is 0.0588. The van der Waals surface area contributed by atoms with Crippen LogP contribution in [0.25, 0.3) is 69.9 Å². The van der Waals surface area contributed by atoms with E-state index in [0.717, 1.165) is 0 Å². The number of thiophene rings is 1. The Kier molecular flexibility index (Phi) is 9.71. The molecule has 0 amide bonds. The van der Waals surface area contributed by atoms with Gasteiger partial charge in [0.05, 0.1) is 11.0 Å². The molecule has 0 radical (unpaired) electrons. The molecule has 0 aliphatic carbocycles. The van der Waals surface area contributed by atoms with Gasteiger partial charge in [-0.1, -0.05) is 163 Å². The summed E-state index contributed by atoms with van der Waals surface area (Å²) >= 11 is 1.87. The molecule has 10 aromatic rings. The van der Waals surface area contributed by atoms with Crippen LogP contribution in [0.5, 0.6) is 0 Å². The number of fused-ring (bicyclic) bond motifs is 6. The Morgan fingerprint density at radius 2 is 0.925 bits per heavy atom. The number of hydrogen-bond acceptors (Lipinski definition) is 1. The first kappa shape index (κ1) is 33.9. The number of benzene rings is 8. The molecule has 0 N–H and O–H groups in total. The highest BCUT2D eigenvalue weighted by molar-refractivity contribution is 7.25. The zero-order chi connectivity index (χ0) is 36.1. The van der Waals surface area contributed by atoms with Gasteiger partial charge < -0.3 is 4.57 Å². The first-order chi connectivity index (χ1) is 26.0. The van der Waals surface area contributed by atoms with Crippen molar-refractivity contribution in [3.05, 3.63) is 211 Å². The Bertz CT molecular complexity index is 2750. The minimum atomic E-state index is 1.19. The lowest BCUT2D eigenvalue weighted by Crippen LogP contribution is -1.93. The van der Waals surface area contributed by atoms with Crippen LogP contribution in [0.1, 0.15) is 16.7 Å². The van der Waals surface area contributed by atoms with Crippen LogP contribution in [0.2, 0.25) is 0 Å². The highest BCUT2D eigenvalue weighted by Gasteiger charge is 2.11. The number of rotatable bonds is 3. The Labute approximate surface area is 316 Å². The second-order valence-electron chi connectivity index (χ2n) is 13.6. The summed E-state index contributed by atoms with van der Waals surface area (Å²) < 4.78 is 5.12. The molecule has 1 nitrogen and oxygen atoms in total. The third kappa shape index (κ3) is 7.15. The standard InChI is InChI=1S/C25H19N.C13H10S.C13H12/c1-18-8-2-3-9-21(18)19-14-16-20(17-15-19)26-24-12-6-4-10-22(24)23-11-5-7-13-25(23)26;1-9-6-7-13-11(8-9)10-4-2-3-5-12(10)14-13;1-11-6-5-9-13(10-11)12-7-3-2-4-8-12/h2-17H,1H3;2-8H,1H3;2-10H,1H3. The van der Waals surface area contributed by atoms with Crippen LogP contribution >= 0.6 is 11.3 Å². The van der Waals surface area contributed by atoms with E-state index in [2.05, 4.69) is 213 Å². The van der Waals surface area contributed by atoms with E-state index in [0.29, 0.717) is 0 Å². The molecule has 0 fully saturated rings. The van der Waals surface area contributed by atoms with Crippen molar-refractivity contribution in [2.24, 2.45) is 0 Å². The predicted molar refractivity (Wildman–Crippen MR) is 232 cm³/mol. The Hall–Kier alpha value is -6.22. The second-order valence-corrected chi connectivity index (χ2v) is 14.6. The smallest absolute Gasteiger partial charge is 0.0541 e. The van der Waals surface area contributed by atoms with Gasteiger partial charge in [0, 0.05) is 36.6 Å². The second kappa shape index (κ2) is 15.2. The number of nitrogens with zero attached hydrogens (tertiary/aromatic N) is 1. The Morgan fingerprint density at radius 1 is 0.358 bits per heavy atom. The van der Waals surface area contributed by atoms with E-state index < -0.39 is 0 Å². The van der Waals surface area contributed by atoms with E-state index in [1.54, 1.807) is 0 Å². The van der Waals surface area contributed by atoms with Crippen LogP contribution in [0.4, 0.5) is 0 Å². The summed E-state index contributed by atoms with van der Waals surface area (Å²) in [5, 5.41) is 5.37. The van der Waals surface area contributed by atoms with Gasteiger partial charge in [-0.2, -0.15) is 0 Å². The average molecular weight is 700 g/mol. The molecule has 2 heteroatoms. The summed E-state index contributed by atoms with van der Waals surface area (Å²) in [5.74, 6) is 0. The van der Waals surface area contributed by atoms with Crippen LogP contribution in [0.15, 0.2) is 194 Å². The van der Waals surface area contributed by atoms with E-state index in [9.17, 15) is 0 Å². The van der Waals surface area contributed by atoms with Crippen molar-refractivity contribution in [2.75, 3.05) is 0 Å². The van der Waals surface area contributed by atoms with Gasteiger partial charge in [-0.25, -0.2) is 0 Å². The van der Waals surface area contributed by atoms with Crippen molar-refractivity contribution in [1.29, 1.82) is 0 Å². The normalized spacial score (nSPS) is 10.9. The molecule has 0 aliphatic rings. The summed E-state index contributed by atoms with van der Waals surface area (Å²) in [4.78, 5) is 0. The molecule has 0 atom stereocenters. The fourth-order valence-corrected chi connectivity index (χ4v) is 8.27. The van der Waals surface area contributed by atoms with Gasteiger partial charge in [-0.15, -0.1) is 11.3 Å². The van der Waals surface area contributed by atoms with Gasteiger partial charge in [-0.05, 0) is 91.1 Å². The van der Waals surface area contributed by atoms with Crippen LogP contribution in [-0.4, -0.2) is 4.57 Å². The van der Waals surface area contributed by atoms with Gasteiger partial charge in [0.25, 0.3) is 0 Å². The molecule has 0 unspecified atom stereocenters. The van der Waals surface area contributed by atoms with Crippen molar-refractivity contribution in [3.8, 4) is 27.9 Å². The summed E-state index contributed by atoms with van der Waals surface area (Å²) in [5.41, 5.74) is 12.8. The number of aromatic nitrogens is 1. The van der Waals surface area contributed by atoms with Gasteiger partial charge in [0.2, 0.25) is 0 Å².